The summed E-state index contributed by atoms with van der Waals surface area (Å²) in [6.45, 7) is -11.3. The van der Waals surface area contributed by atoms with Crippen molar-refractivity contribution in [1.82, 2.24) is 19.4 Å². The highest BCUT2D eigenvalue weighted by Crippen LogP contribution is 2.32. The van der Waals surface area contributed by atoms with Crippen LogP contribution in [0, 0.1) is 12.7 Å². The van der Waals surface area contributed by atoms with Crippen LogP contribution >= 0.6 is 11.8 Å². The molecule has 6 nitrogen and oxygen atoms in total. The topological polar surface area (TPSA) is 58.4 Å². The van der Waals surface area contributed by atoms with Gasteiger partial charge in [-0.1, -0.05) is 68.0 Å². The van der Waals surface area contributed by atoms with Gasteiger partial charge in [0.1, 0.15) is 12.3 Å². The number of benzene rings is 3. The van der Waals surface area contributed by atoms with Crippen molar-refractivity contribution in [2.45, 2.75) is 70.1 Å². The Morgan fingerprint density at radius 3 is 2.40 bits per heavy atom. The summed E-state index contributed by atoms with van der Waals surface area (Å²) in [5.74, 6) is -2.84. The molecule has 254 valence electrons. The Morgan fingerprint density at radius 2 is 1.73 bits per heavy atom. The molecule has 48 heavy (non-hydrogen) atoms. The van der Waals surface area contributed by atoms with Crippen molar-refractivity contribution in [3.05, 3.63) is 116 Å². The molecule has 0 saturated carbocycles. The van der Waals surface area contributed by atoms with Gasteiger partial charge in [-0.2, -0.15) is 18.2 Å². The third-order valence-electron chi connectivity index (χ3n) is 7.43. The van der Waals surface area contributed by atoms with Crippen LogP contribution in [0.5, 0.6) is 0 Å². The Labute approximate surface area is 301 Å². The van der Waals surface area contributed by atoms with Gasteiger partial charge in [0, 0.05) is 41.9 Å². The molecule has 1 aliphatic carbocycles. The van der Waals surface area contributed by atoms with E-state index in [0.29, 0.717) is 16.7 Å². The molecule has 0 saturated heterocycles. The second-order valence-electron chi connectivity index (χ2n) is 10.6. The van der Waals surface area contributed by atoms with Crippen LogP contribution in [-0.4, -0.2) is 51.3 Å². The molecule has 0 fully saturated rings. The van der Waals surface area contributed by atoms with Gasteiger partial charge in [0.15, 0.2) is 5.16 Å². The van der Waals surface area contributed by atoms with Crippen molar-refractivity contribution in [2.24, 2.45) is 0 Å². The van der Waals surface area contributed by atoms with Gasteiger partial charge < -0.3 is 14.4 Å². The number of hydrogen-bond donors (Lipinski definition) is 0. The molecule has 1 heterocycles. The number of fused-ring (bicyclic) bond motifs is 1. The molecular formula is C37H40F4N4O2S. The van der Waals surface area contributed by atoms with E-state index in [2.05, 4.69) is 4.98 Å². The van der Waals surface area contributed by atoms with Gasteiger partial charge >= 0.3 is 6.18 Å². The third-order valence-corrected chi connectivity index (χ3v) is 8.22. The number of aromatic nitrogens is 2. The predicted molar refractivity (Wildman–Crippen MR) is 181 cm³/mol. The van der Waals surface area contributed by atoms with E-state index in [1.165, 1.54) is 13.8 Å². The van der Waals surface area contributed by atoms with Crippen molar-refractivity contribution in [3.63, 3.8) is 0 Å². The zero-order chi connectivity index (χ0) is 46.0. The van der Waals surface area contributed by atoms with Crippen molar-refractivity contribution < 1.29 is 40.2 Å². The number of rotatable bonds is 13. The van der Waals surface area contributed by atoms with E-state index in [4.69, 9.17) is 9.60 Å². The summed E-state index contributed by atoms with van der Waals surface area (Å²) >= 11 is 0.147. The van der Waals surface area contributed by atoms with Crippen molar-refractivity contribution >= 4 is 17.7 Å². The van der Waals surface area contributed by atoms with E-state index in [9.17, 15) is 30.6 Å². The van der Waals surface area contributed by atoms with Gasteiger partial charge in [0.2, 0.25) is 5.91 Å². The first-order chi connectivity index (χ1) is 28.0. The number of likely N-dealkylation sites (N-methyl/N-ethyl adjacent to an activating group) is 1. The number of halogens is 4. The lowest BCUT2D eigenvalue weighted by molar-refractivity contribution is -0.137. The average Bonchev–Trinajstić information content (AvgIpc) is 3.64. The van der Waals surface area contributed by atoms with Crippen LogP contribution in [0.15, 0.2) is 76.6 Å². The van der Waals surface area contributed by atoms with Gasteiger partial charge in [0.25, 0.3) is 5.56 Å². The molecule has 0 radical (unpaired) electrons. The van der Waals surface area contributed by atoms with Crippen LogP contribution in [0.25, 0.3) is 11.1 Å². The summed E-state index contributed by atoms with van der Waals surface area (Å²) in [6.07, 6.45) is -4.55. The predicted octanol–water partition coefficient (Wildman–Crippen LogP) is 7.53. The van der Waals surface area contributed by atoms with Crippen molar-refractivity contribution in [3.8, 4) is 11.1 Å². The summed E-state index contributed by atoms with van der Waals surface area (Å²) < 4.78 is 173. The first-order valence-electron chi connectivity index (χ1n) is 21.5. The monoisotopic (exact) mass is 693 g/mol. The lowest BCUT2D eigenvalue weighted by atomic mass is 9.98. The fraction of sp³-hybridized carbons (Fsp3) is 0.378. The maximum absolute atomic E-state index is 15.1. The number of alkyl halides is 3. The second kappa shape index (κ2) is 15.5. The zero-order valence-electron chi connectivity index (χ0n) is 39.2. The summed E-state index contributed by atoms with van der Waals surface area (Å²) in [4.78, 5) is 32.8. The Balaban J connectivity index is 1.79. The Morgan fingerprint density at radius 1 is 1.02 bits per heavy atom. The van der Waals surface area contributed by atoms with E-state index in [1.54, 1.807) is 0 Å². The highest BCUT2D eigenvalue weighted by molar-refractivity contribution is 7.98. The molecule has 1 aromatic heterocycles. The van der Waals surface area contributed by atoms with E-state index in [1.807, 2.05) is 0 Å². The third kappa shape index (κ3) is 8.54. The minimum absolute atomic E-state index is 0.0440. The molecule has 0 aliphatic heterocycles. The molecule has 0 atom stereocenters. The Bertz CT molecular complexity index is 2370. The van der Waals surface area contributed by atoms with Crippen LogP contribution in [0.2, 0.25) is 0 Å². The highest BCUT2D eigenvalue weighted by Gasteiger charge is 2.30. The molecule has 4 aromatic rings. The molecule has 5 rings (SSSR count). The first-order valence-corrected chi connectivity index (χ1v) is 15.8. The highest BCUT2D eigenvalue weighted by atomic mass is 32.2. The summed E-state index contributed by atoms with van der Waals surface area (Å²) in [5, 5.41) is -0.758. The second-order valence-corrected chi connectivity index (χ2v) is 11.4. The number of nitrogens with zero attached hydrogens (tertiary/aromatic N) is 4. The normalized spacial score (nSPS) is 18.3. The largest absolute Gasteiger partial charge is 0.416 e. The van der Waals surface area contributed by atoms with Gasteiger partial charge in [-0.3, -0.25) is 9.59 Å². The smallest absolute Gasteiger partial charge is 0.336 e. The number of thioether (sulfide) groups is 1. The van der Waals surface area contributed by atoms with E-state index >= 15 is 4.79 Å². The summed E-state index contributed by atoms with van der Waals surface area (Å²) in [7, 11) is 0. The molecule has 0 N–H and O–H groups in total. The van der Waals surface area contributed by atoms with Gasteiger partial charge in [0.05, 0.1) is 17.9 Å². The average molecular weight is 694 g/mol. The fourth-order valence-corrected chi connectivity index (χ4v) is 5.52. The Hall–Kier alpha value is -3.96. The van der Waals surface area contributed by atoms with Crippen LogP contribution in [0.4, 0.5) is 17.6 Å². The number of amides is 1. The molecule has 11 heteroatoms. The van der Waals surface area contributed by atoms with Gasteiger partial charge in [-0.05, 0) is 91.4 Å². The lowest BCUT2D eigenvalue weighted by Crippen LogP contribution is -2.40. The Kier molecular flexibility index (Phi) is 7.07. The van der Waals surface area contributed by atoms with E-state index in [0.717, 1.165) is 48.2 Å². The summed E-state index contributed by atoms with van der Waals surface area (Å²) in [6, 6.07) is 4.57. The maximum Gasteiger partial charge on any atom is 0.416 e. The van der Waals surface area contributed by atoms with Gasteiger partial charge in [-0.25, -0.2) is 4.39 Å². The molecule has 0 unspecified atom stereocenters. The van der Waals surface area contributed by atoms with Crippen LogP contribution < -0.4 is 5.56 Å². The first kappa shape index (κ1) is 21.9. The SMILES string of the molecule is [2H]c1c([2H])c(C([2H])([2H])N(C(=O)C([2H])([2H])n2c(SC([2H])([2H])c3ccc(F)cc3)nc(=O)c3c2CCC3)C([2H])([2H])C([2H])([2H])N(CC)CC)c(C)c([2H])c1-c1ccc(C(F)(F)F)cc1. The molecule has 1 amide bonds. The number of hydrogen-bond acceptors (Lipinski definition) is 5. The molecule has 0 bridgehead atoms. The van der Waals surface area contributed by atoms with Crippen LogP contribution in [0.3, 0.4) is 0 Å². The fourth-order valence-electron chi connectivity index (χ4n) is 4.80. The van der Waals surface area contributed by atoms with Crippen molar-refractivity contribution in [1.29, 1.82) is 0 Å². The number of carbonyl (C=O) groups is 1. The quantitative estimate of drug-likeness (QED) is 0.0824. The number of carbonyl (C=O) groups excluding carboxylic acids is 1. The molecule has 1 aliphatic rings. The standard InChI is InChI=1S/C37H40F4N4O2S/c1-4-43(5-2)19-20-44(22-29-12-11-28(21-25(29)3)27-13-15-30(16-14-27)37(39,40)41)34(46)23-45-33-8-6-7-32(33)35(47)42-36(45)48-24-26-9-17-31(38)18-10-26/h9-18,21H,4-8,19-20,22-24H2,1-3H3/i11D,12D,19D2,20D2,21D,22D2,23D2,24D2. The molecule has 3 aromatic carbocycles. The maximum atomic E-state index is 15.1. The molecular weight excluding hydrogens is 640 g/mol. The van der Waals surface area contributed by atoms with Crippen LogP contribution in [-0.2, 0) is 42.5 Å². The summed E-state index contributed by atoms with van der Waals surface area (Å²) in [5.41, 5.74) is -7.06. The zero-order valence-corrected chi connectivity index (χ0v) is 27.0. The van der Waals surface area contributed by atoms with E-state index in [-0.39, 0.29) is 66.5 Å². The van der Waals surface area contributed by atoms with Gasteiger partial charge in [-0.15, -0.1) is 0 Å². The molecule has 0 spiro atoms. The minimum atomic E-state index is -4.74. The van der Waals surface area contributed by atoms with E-state index < -0.39 is 106 Å². The lowest BCUT2D eigenvalue weighted by Gasteiger charge is -2.28. The van der Waals surface area contributed by atoms with Crippen molar-refractivity contribution in [2.75, 3.05) is 26.1 Å². The minimum Gasteiger partial charge on any atom is -0.336 e. The van der Waals surface area contributed by atoms with Crippen LogP contribution in [0.1, 0.15) is 71.6 Å².